The molecule has 0 aliphatic heterocycles. The highest BCUT2D eigenvalue weighted by Gasteiger charge is 2.10. The standard InChI is InChI=1S/C15H29N3/c1-5-6-7-8-9-10-11-16-13(2)15-12-17-18(4)14(15)3/h12-13,16H,5-11H2,1-4H3. The summed E-state index contributed by atoms with van der Waals surface area (Å²) < 4.78 is 1.94. The highest BCUT2D eigenvalue weighted by molar-refractivity contribution is 5.19. The summed E-state index contributed by atoms with van der Waals surface area (Å²) in [6.45, 7) is 7.73. The van der Waals surface area contributed by atoms with Gasteiger partial charge in [-0.25, -0.2) is 0 Å². The average molecular weight is 251 g/mol. The van der Waals surface area contributed by atoms with Gasteiger partial charge in [0.15, 0.2) is 0 Å². The van der Waals surface area contributed by atoms with Crippen molar-refractivity contribution in [2.45, 2.75) is 65.3 Å². The van der Waals surface area contributed by atoms with Gasteiger partial charge in [0.25, 0.3) is 0 Å². The van der Waals surface area contributed by atoms with Crippen LogP contribution in [-0.2, 0) is 7.05 Å². The van der Waals surface area contributed by atoms with Gasteiger partial charge in [-0.05, 0) is 26.8 Å². The normalized spacial score (nSPS) is 12.9. The first kappa shape index (κ1) is 15.2. The minimum Gasteiger partial charge on any atom is -0.310 e. The van der Waals surface area contributed by atoms with Crippen LogP contribution in [0.5, 0.6) is 0 Å². The van der Waals surface area contributed by atoms with Gasteiger partial charge in [0.2, 0.25) is 0 Å². The summed E-state index contributed by atoms with van der Waals surface area (Å²) in [5.41, 5.74) is 2.58. The SMILES string of the molecule is CCCCCCCCNC(C)c1cnn(C)c1C. The lowest BCUT2D eigenvalue weighted by Gasteiger charge is -2.13. The first-order valence-corrected chi connectivity index (χ1v) is 7.38. The fourth-order valence-electron chi connectivity index (χ4n) is 2.27. The van der Waals surface area contributed by atoms with Crippen LogP contribution in [0.25, 0.3) is 0 Å². The molecule has 1 aromatic heterocycles. The second kappa shape index (κ2) is 8.30. The van der Waals surface area contributed by atoms with E-state index in [0.717, 1.165) is 6.54 Å². The van der Waals surface area contributed by atoms with Crippen LogP contribution in [0.15, 0.2) is 6.20 Å². The second-order valence-electron chi connectivity index (χ2n) is 5.25. The van der Waals surface area contributed by atoms with E-state index in [1.165, 1.54) is 49.8 Å². The summed E-state index contributed by atoms with van der Waals surface area (Å²) >= 11 is 0. The van der Waals surface area contributed by atoms with Crippen LogP contribution in [0.4, 0.5) is 0 Å². The number of rotatable bonds is 9. The molecule has 1 aromatic rings. The second-order valence-corrected chi connectivity index (χ2v) is 5.25. The van der Waals surface area contributed by atoms with Gasteiger partial charge in [0.1, 0.15) is 0 Å². The van der Waals surface area contributed by atoms with Crippen LogP contribution in [0.3, 0.4) is 0 Å². The molecule has 0 fully saturated rings. The Hall–Kier alpha value is -0.830. The molecule has 18 heavy (non-hydrogen) atoms. The Balaban J connectivity index is 2.14. The lowest BCUT2D eigenvalue weighted by Crippen LogP contribution is -2.20. The molecule has 0 spiro atoms. The molecule has 0 aliphatic carbocycles. The Morgan fingerprint density at radius 1 is 1.22 bits per heavy atom. The summed E-state index contributed by atoms with van der Waals surface area (Å²) in [7, 11) is 2.00. The van der Waals surface area contributed by atoms with Gasteiger partial charge in [0.05, 0.1) is 6.20 Å². The number of aromatic nitrogens is 2. The molecule has 104 valence electrons. The van der Waals surface area contributed by atoms with Crippen molar-refractivity contribution in [1.82, 2.24) is 15.1 Å². The topological polar surface area (TPSA) is 29.9 Å². The van der Waals surface area contributed by atoms with Crippen LogP contribution < -0.4 is 5.32 Å². The van der Waals surface area contributed by atoms with E-state index >= 15 is 0 Å². The van der Waals surface area contributed by atoms with Crippen molar-refractivity contribution in [3.63, 3.8) is 0 Å². The minimum absolute atomic E-state index is 0.411. The van der Waals surface area contributed by atoms with Gasteiger partial charge in [-0.3, -0.25) is 4.68 Å². The molecule has 3 heteroatoms. The molecule has 1 heterocycles. The Labute approximate surface area is 112 Å². The molecule has 1 N–H and O–H groups in total. The fraction of sp³-hybridized carbons (Fsp3) is 0.800. The van der Waals surface area contributed by atoms with Gasteiger partial charge in [0, 0.05) is 24.3 Å². The number of aryl methyl sites for hydroxylation is 1. The van der Waals surface area contributed by atoms with Crippen molar-refractivity contribution in [2.24, 2.45) is 7.05 Å². The van der Waals surface area contributed by atoms with Crippen molar-refractivity contribution < 1.29 is 0 Å². The van der Waals surface area contributed by atoms with E-state index in [-0.39, 0.29) is 0 Å². The largest absolute Gasteiger partial charge is 0.310 e. The van der Waals surface area contributed by atoms with E-state index in [9.17, 15) is 0 Å². The predicted octanol–water partition coefficient (Wildman–Crippen LogP) is 3.74. The van der Waals surface area contributed by atoms with Crippen LogP contribution in [0.1, 0.15) is 69.7 Å². The number of unbranched alkanes of at least 4 members (excludes halogenated alkanes) is 5. The summed E-state index contributed by atoms with van der Waals surface area (Å²) in [4.78, 5) is 0. The van der Waals surface area contributed by atoms with Gasteiger partial charge in [-0.2, -0.15) is 5.10 Å². The van der Waals surface area contributed by atoms with Crippen molar-refractivity contribution in [3.8, 4) is 0 Å². The summed E-state index contributed by atoms with van der Waals surface area (Å²) in [5.74, 6) is 0. The molecule has 0 saturated carbocycles. The summed E-state index contributed by atoms with van der Waals surface area (Å²) in [6.07, 6.45) is 10.1. The van der Waals surface area contributed by atoms with E-state index in [0.29, 0.717) is 6.04 Å². The van der Waals surface area contributed by atoms with Gasteiger partial charge in [-0.1, -0.05) is 39.0 Å². The number of nitrogens with one attached hydrogen (secondary N) is 1. The maximum Gasteiger partial charge on any atom is 0.0540 e. The van der Waals surface area contributed by atoms with Crippen LogP contribution in [-0.4, -0.2) is 16.3 Å². The van der Waals surface area contributed by atoms with E-state index in [4.69, 9.17) is 0 Å². The Bertz CT molecular complexity index is 330. The van der Waals surface area contributed by atoms with E-state index in [2.05, 4.69) is 31.2 Å². The van der Waals surface area contributed by atoms with Crippen LogP contribution in [0, 0.1) is 6.92 Å². The highest BCUT2D eigenvalue weighted by Crippen LogP contribution is 2.15. The number of hydrogen-bond acceptors (Lipinski definition) is 2. The molecule has 0 saturated heterocycles. The molecular formula is C15H29N3. The van der Waals surface area contributed by atoms with Gasteiger partial charge >= 0.3 is 0 Å². The predicted molar refractivity (Wildman–Crippen MR) is 77.7 cm³/mol. The molecule has 1 unspecified atom stereocenters. The third kappa shape index (κ3) is 4.81. The van der Waals surface area contributed by atoms with Crippen LogP contribution >= 0.6 is 0 Å². The number of hydrogen-bond donors (Lipinski definition) is 1. The van der Waals surface area contributed by atoms with Crippen molar-refractivity contribution in [2.75, 3.05) is 6.54 Å². The Morgan fingerprint density at radius 3 is 2.50 bits per heavy atom. The maximum absolute atomic E-state index is 4.29. The fourth-order valence-corrected chi connectivity index (χ4v) is 2.27. The quantitative estimate of drug-likeness (QED) is 0.678. The van der Waals surface area contributed by atoms with Gasteiger partial charge < -0.3 is 5.32 Å². The maximum atomic E-state index is 4.29. The first-order valence-electron chi connectivity index (χ1n) is 7.38. The third-order valence-corrected chi connectivity index (χ3v) is 3.72. The van der Waals surface area contributed by atoms with E-state index in [1.807, 2.05) is 17.9 Å². The molecule has 0 radical (unpaired) electrons. The third-order valence-electron chi connectivity index (χ3n) is 3.72. The van der Waals surface area contributed by atoms with Gasteiger partial charge in [-0.15, -0.1) is 0 Å². The zero-order chi connectivity index (χ0) is 13.4. The minimum atomic E-state index is 0.411. The molecule has 3 nitrogen and oxygen atoms in total. The molecule has 1 atom stereocenters. The first-order chi connectivity index (χ1) is 8.66. The van der Waals surface area contributed by atoms with Crippen LogP contribution in [0.2, 0.25) is 0 Å². The molecule has 1 rings (SSSR count). The lowest BCUT2D eigenvalue weighted by molar-refractivity contribution is 0.525. The Kier molecular flexibility index (Phi) is 7.02. The number of nitrogens with zero attached hydrogens (tertiary/aromatic N) is 2. The lowest BCUT2D eigenvalue weighted by atomic mass is 10.1. The highest BCUT2D eigenvalue weighted by atomic mass is 15.3. The zero-order valence-corrected chi connectivity index (χ0v) is 12.5. The monoisotopic (exact) mass is 251 g/mol. The van der Waals surface area contributed by atoms with Crippen molar-refractivity contribution >= 4 is 0 Å². The molecule has 0 aliphatic rings. The summed E-state index contributed by atoms with van der Waals surface area (Å²) in [5, 5.41) is 7.88. The molecule has 0 bridgehead atoms. The molecule has 0 amide bonds. The smallest absolute Gasteiger partial charge is 0.0540 e. The van der Waals surface area contributed by atoms with E-state index in [1.54, 1.807) is 0 Å². The van der Waals surface area contributed by atoms with E-state index < -0.39 is 0 Å². The average Bonchev–Trinajstić information content (AvgIpc) is 2.69. The van der Waals surface area contributed by atoms with Crippen molar-refractivity contribution in [1.29, 1.82) is 0 Å². The zero-order valence-electron chi connectivity index (χ0n) is 12.5. The molecular weight excluding hydrogens is 222 g/mol. The molecule has 0 aromatic carbocycles. The summed E-state index contributed by atoms with van der Waals surface area (Å²) in [6, 6.07) is 0.411. The van der Waals surface area contributed by atoms with Crippen molar-refractivity contribution in [3.05, 3.63) is 17.5 Å². The Morgan fingerprint density at radius 2 is 1.89 bits per heavy atom.